The molecule has 6 heteroatoms. The lowest BCUT2D eigenvalue weighted by Gasteiger charge is -2.12. The van der Waals surface area contributed by atoms with Gasteiger partial charge in [-0.2, -0.15) is 0 Å². The third kappa shape index (κ3) is 2.91. The van der Waals surface area contributed by atoms with E-state index in [2.05, 4.69) is 4.98 Å². The summed E-state index contributed by atoms with van der Waals surface area (Å²) in [5.41, 5.74) is 3.76. The maximum atomic E-state index is 13.5. The fourth-order valence-electron chi connectivity index (χ4n) is 3.78. The van der Waals surface area contributed by atoms with Crippen molar-refractivity contribution in [3.8, 4) is 5.69 Å². The number of halogens is 1. The topological polar surface area (TPSA) is 52.7 Å². The van der Waals surface area contributed by atoms with Crippen LogP contribution in [0.2, 0.25) is 5.02 Å². The van der Waals surface area contributed by atoms with Gasteiger partial charge < -0.3 is 4.57 Å². The summed E-state index contributed by atoms with van der Waals surface area (Å²) in [4.78, 5) is 22.3. The molecule has 142 valence electrons. The molecule has 5 rings (SSSR count). The fourth-order valence-corrected chi connectivity index (χ4v) is 3.95. The molecule has 29 heavy (non-hydrogen) atoms. The number of rotatable bonds is 3. The molecule has 5 nitrogen and oxygen atoms in total. The number of fused-ring (bicyclic) bond motifs is 3. The van der Waals surface area contributed by atoms with Crippen molar-refractivity contribution in [3.05, 3.63) is 99.8 Å². The molecule has 0 saturated carbocycles. The molecular formula is C23H17ClN4O. The van der Waals surface area contributed by atoms with Crippen LogP contribution in [-0.2, 0) is 13.5 Å². The van der Waals surface area contributed by atoms with Crippen LogP contribution in [0.1, 0.15) is 11.4 Å². The summed E-state index contributed by atoms with van der Waals surface area (Å²) < 4.78 is 3.69. The van der Waals surface area contributed by atoms with Crippen molar-refractivity contribution in [2.24, 2.45) is 7.05 Å². The van der Waals surface area contributed by atoms with Crippen LogP contribution in [0.5, 0.6) is 0 Å². The van der Waals surface area contributed by atoms with E-state index in [1.165, 1.54) is 0 Å². The molecule has 0 saturated heterocycles. The molecule has 0 unspecified atom stereocenters. The standard InChI is InChI=1S/C23H17ClN4O/c1-27-20(13-15-9-11-25-12-10-15)26-21-22(27)18-8-7-16(24)14-19(18)28(23(21)29)17-5-3-2-4-6-17/h2-12,14H,13H2,1H3. The van der Waals surface area contributed by atoms with Gasteiger partial charge in [-0.05, 0) is 48.0 Å². The van der Waals surface area contributed by atoms with E-state index >= 15 is 0 Å². The first-order chi connectivity index (χ1) is 14.1. The van der Waals surface area contributed by atoms with Gasteiger partial charge in [-0.3, -0.25) is 14.3 Å². The van der Waals surface area contributed by atoms with Gasteiger partial charge in [0.25, 0.3) is 5.56 Å². The predicted molar refractivity (Wildman–Crippen MR) is 116 cm³/mol. The normalized spacial score (nSPS) is 11.4. The first kappa shape index (κ1) is 17.6. The molecule has 0 bridgehead atoms. The Morgan fingerprint density at radius 1 is 1.00 bits per heavy atom. The van der Waals surface area contributed by atoms with Gasteiger partial charge in [-0.15, -0.1) is 0 Å². The number of aromatic nitrogens is 4. The number of benzene rings is 2. The van der Waals surface area contributed by atoms with Crippen LogP contribution in [0.4, 0.5) is 0 Å². The van der Waals surface area contributed by atoms with Gasteiger partial charge in [-0.25, -0.2) is 4.98 Å². The van der Waals surface area contributed by atoms with Crippen molar-refractivity contribution in [3.63, 3.8) is 0 Å². The Labute approximate surface area is 171 Å². The zero-order valence-corrected chi connectivity index (χ0v) is 16.5. The van der Waals surface area contributed by atoms with Gasteiger partial charge in [0.05, 0.1) is 11.0 Å². The number of imidazole rings is 1. The Morgan fingerprint density at radius 2 is 1.76 bits per heavy atom. The van der Waals surface area contributed by atoms with Crippen LogP contribution in [0, 0.1) is 0 Å². The number of pyridine rings is 2. The highest BCUT2D eigenvalue weighted by molar-refractivity contribution is 6.31. The smallest absolute Gasteiger partial charge is 0.283 e. The average Bonchev–Trinajstić information content (AvgIpc) is 3.06. The molecule has 0 aliphatic heterocycles. The van der Waals surface area contributed by atoms with Gasteiger partial charge in [0.1, 0.15) is 5.82 Å². The lowest BCUT2D eigenvalue weighted by atomic mass is 10.1. The van der Waals surface area contributed by atoms with E-state index in [0.717, 1.165) is 33.5 Å². The highest BCUT2D eigenvalue weighted by Crippen LogP contribution is 2.28. The Hall–Kier alpha value is -3.44. The molecule has 2 aromatic carbocycles. The van der Waals surface area contributed by atoms with Crippen LogP contribution in [-0.4, -0.2) is 19.1 Å². The molecular weight excluding hydrogens is 384 g/mol. The predicted octanol–water partition coefficient (Wildman–Crippen LogP) is 4.52. The molecule has 0 radical (unpaired) electrons. The minimum absolute atomic E-state index is 0.155. The lowest BCUT2D eigenvalue weighted by Crippen LogP contribution is -2.19. The van der Waals surface area contributed by atoms with E-state index in [-0.39, 0.29) is 5.56 Å². The number of nitrogens with zero attached hydrogens (tertiary/aromatic N) is 4. The van der Waals surface area contributed by atoms with Gasteiger partial charge >= 0.3 is 0 Å². The summed E-state index contributed by atoms with van der Waals surface area (Å²) >= 11 is 6.29. The Bertz CT molecular complexity index is 1410. The van der Waals surface area contributed by atoms with Crippen molar-refractivity contribution in [2.45, 2.75) is 6.42 Å². The maximum absolute atomic E-state index is 13.5. The monoisotopic (exact) mass is 400 g/mol. The fraction of sp³-hybridized carbons (Fsp3) is 0.0870. The van der Waals surface area contributed by atoms with Crippen molar-refractivity contribution in [1.29, 1.82) is 0 Å². The maximum Gasteiger partial charge on any atom is 0.283 e. The second-order valence-electron chi connectivity index (χ2n) is 6.95. The van der Waals surface area contributed by atoms with E-state index in [9.17, 15) is 4.79 Å². The van der Waals surface area contributed by atoms with Crippen LogP contribution in [0.15, 0.2) is 77.9 Å². The molecule has 0 fully saturated rings. The molecule has 0 aliphatic rings. The zero-order chi connectivity index (χ0) is 20.0. The minimum Gasteiger partial charge on any atom is -0.330 e. The van der Waals surface area contributed by atoms with E-state index < -0.39 is 0 Å². The summed E-state index contributed by atoms with van der Waals surface area (Å²) in [6.45, 7) is 0. The highest BCUT2D eigenvalue weighted by Gasteiger charge is 2.19. The van der Waals surface area contributed by atoms with E-state index in [1.54, 1.807) is 17.0 Å². The Balaban J connectivity index is 1.86. The van der Waals surface area contributed by atoms with Crippen LogP contribution < -0.4 is 5.56 Å². The van der Waals surface area contributed by atoms with Crippen molar-refractivity contribution in [1.82, 2.24) is 19.1 Å². The summed E-state index contributed by atoms with van der Waals surface area (Å²) in [7, 11) is 1.95. The molecule has 3 heterocycles. The lowest BCUT2D eigenvalue weighted by molar-refractivity contribution is 0.845. The quantitative estimate of drug-likeness (QED) is 0.447. The van der Waals surface area contributed by atoms with E-state index in [1.807, 2.05) is 72.3 Å². The van der Waals surface area contributed by atoms with Crippen molar-refractivity contribution in [2.75, 3.05) is 0 Å². The number of hydrogen-bond acceptors (Lipinski definition) is 3. The largest absolute Gasteiger partial charge is 0.330 e. The van der Waals surface area contributed by atoms with Crippen LogP contribution in [0.3, 0.4) is 0 Å². The summed E-state index contributed by atoms with van der Waals surface area (Å²) in [5.74, 6) is 0.824. The third-order valence-electron chi connectivity index (χ3n) is 5.18. The van der Waals surface area contributed by atoms with Crippen LogP contribution in [0.25, 0.3) is 27.6 Å². The molecule has 0 N–H and O–H groups in total. The van der Waals surface area contributed by atoms with Gasteiger partial charge in [0.15, 0.2) is 5.52 Å². The summed E-state index contributed by atoms with van der Waals surface area (Å²) in [6.07, 6.45) is 4.14. The van der Waals surface area contributed by atoms with Crippen molar-refractivity contribution >= 4 is 33.5 Å². The van der Waals surface area contributed by atoms with E-state index in [4.69, 9.17) is 16.6 Å². The molecule has 3 aromatic heterocycles. The van der Waals surface area contributed by atoms with Crippen LogP contribution >= 0.6 is 11.6 Å². The van der Waals surface area contributed by atoms with Gasteiger partial charge in [-0.1, -0.05) is 29.8 Å². The first-order valence-corrected chi connectivity index (χ1v) is 9.65. The SMILES string of the molecule is Cn1c(Cc2ccncc2)nc2c(=O)n(-c3ccccc3)c3cc(Cl)ccc3c21. The minimum atomic E-state index is -0.155. The summed E-state index contributed by atoms with van der Waals surface area (Å²) in [5, 5.41) is 1.52. The summed E-state index contributed by atoms with van der Waals surface area (Å²) in [6, 6.07) is 19.1. The zero-order valence-electron chi connectivity index (χ0n) is 15.7. The first-order valence-electron chi connectivity index (χ1n) is 9.27. The molecule has 0 amide bonds. The Kier molecular flexibility index (Phi) is 4.18. The Morgan fingerprint density at radius 3 is 2.52 bits per heavy atom. The van der Waals surface area contributed by atoms with E-state index in [0.29, 0.717) is 17.0 Å². The van der Waals surface area contributed by atoms with Crippen molar-refractivity contribution < 1.29 is 0 Å². The number of aryl methyl sites for hydroxylation is 1. The second kappa shape index (κ2) is 6.87. The average molecular weight is 401 g/mol. The molecule has 0 atom stereocenters. The molecule has 5 aromatic rings. The number of hydrogen-bond donors (Lipinski definition) is 0. The second-order valence-corrected chi connectivity index (χ2v) is 7.39. The highest BCUT2D eigenvalue weighted by atomic mass is 35.5. The number of para-hydroxylation sites is 1. The van der Waals surface area contributed by atoms with Gasteiger partial charge in [0.2, 0.25) is 0 Å². The van der Waals surface area contributed by atoms with Gasteiger partial charge in [0, 0.05) is 42.0 Å². The third-order valence-corrected chi connectivity index (χ3v) is 5.41. The molecule has 0 aliphatic carbocycles. The molecule has 0 spiro atoms.